The fourth-order valence-corrected chi connectivity index (χ4v) is 3.12. The molecule has 0 fully saturated rings. The quantitative estimate of drug-likeness (QED) is 0.666. The molecule has 17 heavy (non-hydrogen) atoms. The molecule has 2 nitrogen and oxygen atoms in total. The molecule has 0 unspecified atom stereocenters. The lowest BCUT2D eigenvalue weighted by molar-refractivity contribution is 1.48. The number of nitrogen functional groups attached to an aromatic ring is 1. The normalized spacial score (nSPS) is 10.9. The second kappa shape index (κ2) is 4.02. The Bertz CT molecular complexity index is 637. The molecule has 0 atom stereocenters. The van der Waals surface area contributed by atoms with Gasteiger partial charge in [-0.25, -0.2) is 4.98 Å². The third kappa shape index (κ3) is 1.77. The Morgan fingerprint density at radius 1 is 1.06 bits per heavy atom. The fraction of sp³-hybridized carbons (Fsp3) is 0. The van der Waals surface area contributed by atoms with E-state index in [4.69, 9.17) is 17.3 Å². The topological polar surface area (TPSA) is 38.9 Å². The zero-order valence-electron chi connectivity index (χ0n) is 8.85. The fourth-order valence-electron chi connectivity index (χ4n) is 1.75. The number of halogens is 1. The van der Waals surface area contributed by atoms with Crippen LogP contribution in [0.2, 0.25) is 5.02 Å². The van der Waals surface area contributed by atoms with E-state index < -0.39 is 0 Å². The highest BCUT2D eigenvalue weighted by molar-refractivity contribution is 7.21. The largest absolute Gasteiger partial charge is 0.398 e. The van der Waals surface area contributed by atoms with Crippen LogP contribution in [0.5, 0.6) is 0 Å². The lowest BCUT2D eigenvalue weighted by Crippen LogP contribution is -1.89. The van der Waals surface area contributed by atoms with Crippen LogP contribution in [0, 0.1) is 0 Å². The van der Waals surface area contributed by atoms with Crippen molar-refractivity contribution in [3.05, 3.63) is 47.5 Å². The molecular weight excluding hydrogens is 252 g/mol. The minimum Gasteiger partial charge on any atom is -0.398 e. The van der Waals surface area contributed by atoms with Crippen LogP contribution in [0.3, 0.4) is 0 Å². The molecular formula is C13H9ClN2S. The number of rotatable bonds is 1. The molecule has 0 radical (unpaired) electrons. The first kappa shape index (κ1) is 10.6. The smallest absolute Gasteiger partial charge is 0.128 e. The summed E-state index contributed by atoms with van der Waals surface area (Å²) in [6.07, 6.45) is 0. The monoisotopic (exact) mass is 260 g/mol. The maximum atomic E-state index is 6.18. The summed E-state index contributed by atoms with van der Waals surface area (Å²) < 4.78 is 1.14. The standard InChI is InChI=1S/C13H9ClN2S/c14-8-4-3-5-9(15)12(8)13-16-10-6-1-2-7-11(10)17-13/h1-7H,15H2. The Hall–Kier alpha value is -1.58. The second-order valence-corrected chi connectivity index (χ2v) is 5.13. The molecule has 1 heterocycles. The lowest BCUT2D eigenvalue weighted by Gasteiger charge is -2.03. The molecule has 0 aliphatic carbocycles. The van der Waals surface area contributed by atoms with E-state index in [1.165, 1.54) is 0 Å². The minimum absolute atomic E-state index is 0.643. The molecule has 84 valence electrons. The summed E-state index contributed by atoms with van der Waals surface area (Å²) in [5.41, 5.74) is 8.43. The first-order chi connectivity index (χ1) is 8.25. The molecule has 3 aromatic rings. The molecule has 0 amide bonds. The summed E-state index contributed by atoms with van der Waals surface area (Å²) >= 11 is 7.78. The molecule has 0 saturated heterocycles. The number of aromatic nitrogens is 1. The summed E-state index contributed by atoms with van der Waals surface area (Å²) in [7, 11) is 0. The van der Waals surface area contributed by atoms with Crippen LogP contribution in [-0.2, 0) is 0 Å². The lowest BCUT2D eigenvalue weighted by atomic mass is 10.2. The molecule has 4 heteroatoms. The van der Waals surface area contributed by atoms with E-state index in [1.54, 1.807) is 11.3 Å². The van der Waals surface area contributed by atoms with Crippen molar-refractivity contribution in [2.24, 2.45) is 0 Å². The number of nitrogens with two attached hydrogens (primary N) is 1. The Labute approximate surface area is 108 Å². The summed E-state index contributed by atoms with van der Waals surface area (Å²) in [5, 5.41) is 1.51. The maximum absolute atomic E-state index is 6.18. The highest BCUT2D eigenvalue weighted by atomic mass is 35.5. The van der Waals surface area contributed by atoms with E-state index in [2.05, 4.69) is 4.98 Å². The van der Waals surface area contributed by atoms with Crippen LogP contribution in [0.25, 0.3) is 20.8 Å². The Balaban J connectivity index is 2.27. The van der Waals surface area contributed by atoms with Gasteiger partial charge in [-0.3, -0.25) is 0 Å². The molecule has 0 bridgehead atoms. The van der Waals surface area contributed by atoms with Gasteiger partial charge < -0.3 is 5.73 Å². The van der Waals surface area contributed by atoms with Crippen LogP contribution < -0.4 is 5.73 Å². The van der Waals surface area contributed by atoms with E-state index >= 15 is 0 Å². The number of para-hydroxylation sites is 1. The first-order valence-corrected chi connectivity index (χ1v) is 6.35. The number of fused-ring (bicyclic) bond motifs is 1. The first-order valence-electron chi connectivity index (χ1n) is 5.15. The van der Waals surface area contributed by atoms with Crippen LogP contribution >= 0.6 is 22.9 Å². The molecule has 0 aliphatic heterocycles. The number of anilines is 1. The summed E-state index contributed by atoms with van der Waals surface area (Å²) in [5.74, 6) is 0. The van der Waals surface area contributed by atoms with Gasteiger partial charge in [-0.05, 0) is 24.3 Å². The predicted octanol–water partition coefficient (Wildman–Crippen LogP) is 4.20. The van der Waals surface area contributed by atoms with Crippen molar-refractivity contribution in [1.82, 2.24) is 4.98 Å². The Morgan fingerprint density at radius 2 is 1.88 bits per heavy atom. The van der Waals surface area contributed by atoms with Gasteiger partial charge in [0.1, 0.15) is 5.01 Å². The van der Waals surface area contributed by atoms with E-state index in [1.807, 2.05) is 42.5 Å². The summed E-state index contributed by atoms with van der Waals surface area (Å²) in [4.78, 5) is 4.56. The maximum Gasteiger partial charge on any atom is 0.128 e. The van der Waals surface area contributed by atoms with Gasteiger partial charge in [-0.1, -0.05) is 29.8 Å². The van der Waals surface area contributed by atoms with Crippen LogP contribution in [0.15, 0.2) is 42.5 Å². The predicted molar refractivity (Wildman–Crippen MR) is 74.5 cm³/mol. The van der Waals surface area contributed by atoms with Crippen molar-refractivity contribution in [2.45, 2.75) is 0 Å². The number of nitrogens with zero attached hydrogens (tertiary/aromatic N) is 1. The van der Waals surface area contributed by atoms with Gasteiger partial charge in [-0.2, -0.15) is 0 Å². The van der Waals surface area contributed by atoms with Crippen molar-refractivity contribution in [1.29, 1.82) is 0 Å². The van der Waals surface area contributed by atoms with Crippen molar-refractivity contribution in [2.75, 3.05) is 5.73 Å². The van der Waals surface area contributed by atoms with Crippen molar-refractivity contribution in [3.63, 3.8) is 0 Å². The molecule has 3 rings (SSSR count). The van der Waals surface area contributed by atoms with Gasteiger partial charge in [0, 0.05) is 5.69 Å². The highest BCUT2D eigenvalue weighted by Gasteiger charge is 2.12. The Kier molecular flexibility index (Phi) is 2.50. The van der Waals surface area contributed by atoms with Crippen LogP contribution in [0.4, 0.5) is 5.69 Å². The van der Waals surface area contributed by atoms with Crippen molar-refractivity contribution >= 4 is 38.8 Å². The highest BCUT2D eigenvalue weighted by Crippen LogP contribution is 2.37. The van der Waals surface area contributed by atoms with Gasteiger partial charge >= 0.3 is 0 Å². The average molecular weight is 261 g/mol. The van der Waals surface area contributed by atoms with Crippen molar-refractivity contribution in [3.8, 4) is 10.6 Å². The minimum atomic E-state index is 0.643. The third-order valence-corrected chi connectivity index (χ3v) is 3.92. The number of benzene rings is 2. The molecule has 2 aromatic carbocycles. The van der Waals surface area contributed by atoms with E-state index in [0.717, 1.165) is 20.8 Å². The van der Waals surface area contributed by atoms with E-state index in [-0.39, 0.29) is 0 Å². The molecule has 0 spiro atoms. The van der Waals surface area contributed by atoms with E-state index in [0.29, 0.717) is 10.7 Å². The summed E-state index contributed by atoms with van der Waals surface area (Å²) in [6.45, 7) is 0. The zero-order valence-corrected chi connectivity index (χ0v) is 10.4. The SMILES string of the molecule is Nc1cccc(Cl)c1-c1nc2ccccc2s1. The van der Waals surface area contributed by atoms with E-state index in [9.17, 15) is 0 Å². The van der Waals surface area contributed by atoms with Gasteiger partial charge in [0.25, 0.3) is 0 Å². The molecule has 2 N–H and O–H groups in total. The Morgan fingerprint density at radius 3 is 2.65 bits per heavy atom. The number of hydrogen-bond donors (Lipinski definition) is 1. The molecule has 1 aromatic heterocycles. The van der Waals surface area contributed by atoms with Crippen molar-refractivity contribution < 1.29 is 0 Å². The average Bonchev–Trinajstić information content (AvgIpc) is 2.71. The third-order valence-electron chi connectivity index (χ3n) is 2.55. The molecule has 0 aliphatic rings. The summed E-state index contributed by atoms with van der Waals surface area (Å²) in [6, 6.07) is 13.5. The van der Waals surface area contributed by atoms with Gasteiger partial charge in [-0.15, -0.1) is 11.3 Å². The van der Waals surface area contributed by atoms with Crippen LogP contribution in [0.1, 0.15) is 0 Å². The number of hydrogen-bond acceptors (Lipinski definition) is 3. The van der Waals surface area contributed by atoms with Gasteiger partial charge in [0.2, 0.25) is 0 Å². The number of thiazole rings is 1. The van der Waals surface area contributed by atoms with Gasteiger partial charge in [0.05, 0.1) is 20.8 Å². The zero-order chi connectivity index (χ0) is 11.8. The van der Waals surface area contributed by atoms with Crippen LogP contribution in [-0.4, -0.2) is 4.98 Å². The molecule has 0 saturated carbocycles. The van der Waals surface area contributed by atoms with Gasteiger partial charge in [0.15, 0.2) is 0 Å². The second-order valence-electron chi connectivity index (χ2n) is 3.69.